The van der Waals surface area contributed by atoms with Gasteiger partial charge in [-0.05, 0) is 37.1 Å². The Balaban J connectivity index is 2.43. The van der Waals surface area contributed by atoms with E-state index in [9.17, 15) is 4.79 Å². The number of carboxylic acid groups (broad SMARTS) is 1. The second-order valence-electron chi connectivity index (χ2n) is 4.66. The van der Waals surface area contributed by atoms with Crippen molar-refractivity contribution in [2.75, 3.05) is 19.9 Å². The Bertz CT molecular complexity index is 662. The van der Waals surface area contributed by atoms with E-state index in [1.807, 2.05) is 31.5 Å². The summed E-state index contributed by atoms with van der Waals surface area (Å²) in [5, 5.41) is 11.9. The number of rotatable bonds is 7. The fraction of sp³-hybridized carbons (Fsp3) is 0.250. The average molecular weight is 318 g/mol. The maximum absolute atomic E-state index is 10.7. The van der Waals surface area contributed by atoms with Gasteiger partial charge in [-0.25, -0.2) is 4.79 Å². The van der Waals surface area contributed by atoms with Gasteiger partial charge in [-0.15, -0.1) is 11.8 Å². The van der Waals surface area contributed by atoms with Crippen LogP contribution in [-0.2, 0) is 11.3 Å². The SMILES string of the molecule is CNCc1ccc(OCC(=O)O)c(-c2cncc(SC)c2)c1. The largest absolute Gasteiger partial charge is 0.481 e. The van der Waals surface area contributed by atoms with Crippen LogP contribution in [-0.4, -0.2) is 36.0 Å². The van der Waals surface area contributed by atoms with Crippen LogP contribution in [0.1, 0.15) is 5.56 Å². The van der Waals surface area contributed by atoms with Crippen molar-refractivity contribution in [3.05, 3.63) is 42.2 Å². The van der Waals surface area contributed by atoms with E-state index in [1.165, 1.54) is 0 Å². The Morgan fingerprint density at radius 3 is 2.86 bits per heavy atom. The number of aliphatic carboxylic acids is 1. The minimum Gasteiger partial charge on any atom is -0.481 e. The highest BCUT2D eigenvalue weighted by Gasteiger charge is 2.10. The third-order valence-corrected chi connectivity index (χ3v) is 3.73. The van der Waals surface area contributed by atoms with Crippen LogP contribution in [0.2, 0.25) is 0 Å². The summed E-state index contributed by atoms with van der Waals surface area (Å²) in [7, 11) is 1.88. The van der Waals surface area contributed by atoms with Crippen LogP contribution >= 0.6 is 11.8 Å². The number of pyridine rings is 1. The first-order valence-corrected chi connectivity index (χ1v) is 7.98. The fourth-order valence-electron chi connectivity index (χ4n) is 2.06. The minimum absolute atomic E-state index is 0.367. The summed E-state index contributed by atoms with van der Waals surface area (Å²) in [6.07, 6.45) is 5.54. The van der Waals surface area contributed by atoms with Crippen LogP contribution in [0.25, 0.3) is 11.1 Å². The van der Waals surface area contributed by atoms with Crippen molar-refractivity contribution in [1.29, 1.82) is 0 Å². The lowest BCUT2D eigenvalue weighted by Gasteiger charge is -2.13. The molecule has 5 nitrogen and oxygen atoms in total. The van der Waals surface area contributed by atoms with Gasteiger partial charge in [0.1, 0.15) is 5.75 Å². The van der Waals surface area contributed by atoms with Gasteiger partial charge in [0.25, 0.3) is 0 Å². The van der Waals surface area contributed by atoms with Gasteiger partial charge in [0.15, 0.2) is 6.61 Å². The molecule has 2 N–H and O–H groups in total. The van der Waals surface area contributed by atoms with Crippen molar-refractivity contribution in [3.63, 3.8) is 0 Å². The summed E-state index contributed by atoms with van der Waals surface area (Å²) in [5.74, 6) is -0.455. The highest BCUT2D eigenvalue weighted by molar-refractivity contribution is 7.98. The topological polar surface area (TPSA) is 71.5 Å². The predicted molar refractivity (Wildman–Crippen MR) is 87.3 cm³/mol. The molecule has 116 valence electrons. The molecule has 0 saturated heterocycles. The molecule has 0 bridgehead atoms. The molecule has 2 rings (SSSR count). The van der Waals surface area contributed by atoms with Gasteiger partial charge in [-0.1, -0.05) is 6.07 Å². The summed E-state index contributed by atoms with van der Waals surface area (Å²) in [4.78, 5) is 16.0. The number of carboxylic acids is 1. The van der Waals surface area contributed by atoms with Crippen LogP contribution < -0.4 is 10.1 Å². The molecule has 0 unspecified atom stereocenters. The molecule has 0 aliphatic rings. The normalized spacial score (nSPS) is 10.5. The van der Waals surface area contributed by atoms with Crippen molar-refractivity contribution in [3.8, 4) is 16.9 Å². The van der Waals surface area contributed by atoms with Crippen molar-refractivity contribution in [2.45, 2.75) is 11.4 Å². The monoisotopic (exact) mass is 318 g/mol. The lowest BCUT2D eigenvalue weighted by Crippen LogP contribution is -2.10. The maximum atomic E-state index is 10.7. The number of aromatic nitrogens is 1. The predicted octanol–water partition coefficient (Wildman–Crippen LogP) is 2.65. The molecule has 0 radical (unpaired) electrons. The third-order valence-electron chi connectivity index (χ3n) is 3.04. The molecule has 0 saturated carbocycles. The van der Waals surface area contributed by atoms with Crippen LogP contribution in [0.4, 0.5) is 0 Å². The summed E-state index contributed by atoms with van der Waals surface area (Å²) in [6.45, 7) is 0.357. The zero-order valence-electron chi connectivity index (χ0n) is 12.5. The third kappa shape index (κ3) is 4.22. The molecular formula is C16H18N2O3S. The number of benzene rings is 1. The summed E-state index contributed by atoms with van der Waals surface area (Å²) < 4.78 is 5.41. The molecule has 0 amide bonds. The molecule has 6 heteroatoms. The van der Waals surface area contributed by atoms with Gasteiger partial charge in [0.05, 0.1) is 0 Å². The zero-order chi connectivity index (χ0) is 15.9. The molecule has 1 aromatic carbocycles. The number of nitrogens with one attached hydrogen (secondary N) is 1. The first-order chi connectivity index (χ1) is 10.6. The molecule has 0 fully saturated rings. The summed E-state index contributed by atoms with van der Waals surface area (Å²) >= 11 is 1.61. The lowest BCUT2D eigenvalue weighted by molar-refractivity contribution is -0.139. The van der Waals surface area contributed by atoms with E-state index in [1.54, 1.807) is 30.2 Å². The van der Waals surface area contributed by atoms with E-state index in [0.29, 0.717) is 5.75 Å². The Morgan fingerprint density at radius 2 is 2.18 bits per heavy atom. The van der Waals surface area contributed by atoms with Crippen LogP contribution in [0, 0.1) is 0 Å². The van der Waals surface area contributed by atoms with Gasteiger partial charge in [-0.2, -0.15) is 0 Å². The fourth-order valence-corrected chi connectivity index (χ4v) is 2.47. The Hall–Kier alpha value is -2.05. The molecule has 1 heterocycles. The zero-order valence-corrected chi connectivity index (χ0v) is 13.3. The lowest BCUT2D eigenvalue weighted by atomic mass is 10.0. The van der Waals surface area contributed by atoms with Gasteiger partial charge < -0.3 is 15.2 Å². The number of ether oxygens (including phenoxy) is 1. The molecule has 0 atom stereocenters. The van der Waals surface area contributed by atoms with Gasteiger partial charge in [0.2, 0.25) is 0 Å². The summed E-state index contributed by atoms with van der Waals surface area (Å²) in [6, 6.07) is 7.73. The minimum atomic E-state index is -0.999. The van der Waals surface area contributed by atoms with Gasteiger partial charge in [-0.3, -0.25) is 4.98 Å². The maximum Gasteiger partial charge on any atom is 0.341 e. The number of hydrogen-bond donors (Lipinski definition) is 2. The average Bonchev–Trinajstić information content (AvgIpc) is 2.53. The van der Waals surface area contributed by atoms with E-state index in [2.05, 4.69) is 10.3 Å². The number of carbonyl (C=O) groups is 1. The molecule has 22 heavy (non-hydrogen) atoms. The van der Waals surface area contributed by atoms with E-state index >= 15 is 0 Å². The molecule has 0 aliphatic carbocycles. The van der Waals surface area contributed by atoms with Gasteiger partial charge in [0, 0.05) is 35.0 Å². The summed E-state index contributed by atoms with van der Waals surface area (Å²) in [5.41, 5.74) is 2.84. The molecule has 2 aromatic rings. The Labute approximate surface area is 133 Å². The van der Waals surface area contributed by atoms with E-state index < -0.39 is 5.97 Å². The quantitative estimate of drug-likeness (QED) is 0.765. The Morgan fingerprint density at radius 1 is 1.36 bits per heavy atom. The van der Waals surface area contributed by atoms with Crippen LogP contribution in [0.3, 0.4) is 0 Å². The van der Waals surface area contributed by atoms with Crippen LogP contribution in [0.5, 0.6) is 5.75 Å². The first-order valence-electron chi connectivity index (χ1n) is 6.75. The van der Waals surface area contributed by atoms with Crippen molar-refractivity contribution < 1.29 is 14.6 Å². The number of thioether (sulfide) groups is 1. The molecular weight excluding hydrogens is 300 g/mol. The van der Waals surface area contributed by atoms with Crippen LogP contribution in [0.15, 0.2) is 41.6 Å². The standard InChI is InChI=1S/C16H18N2O3S/c1-17-7-11-3-4-15(21-10-16(19)20)14(5-11)12-6-13(22-2)9-18-8-12/h3-6,8-9,17H,7,10H2,1-2H3,(H,19,20). The molecule has 0 spiro atoms. The number of hydrogen-bond acceptors (Lipinski definition) is 5. The second kappa shape index (κ2) is 7.82. The highest BCUT2D eigenvalue weighted by Crippen LogP contribution is 2.32. The van der Waals surface area contributed by atoms with E-state index in [0.717, 1.165) is 28.1 Å². The smallest absolute Gasteiger partial charge is 0.341 e. The van der Waals surface area contributed by atoms with Crippen molar-refractivity contribution in [2.24, 2.45) is 0 Å². The highest BCUT2D eigenvalue weighted by atomic mass is 32.2. The second-order valence-corrected chi connectivity index (χ2v) is 5.54. The number of nitrogens with zero attached hydrogens (tertiary/aromatic N) is 1. The van der Waals surface area contributed by atoms with Crippen molar-refractivity contribution in [1.82, 2.24) is 10.3 Å². The van der Waals surface area contributed by atoms with E-state index in [-0.39, 0.29) is 6.61 Å². The van der Waals surface area contributed by atoms with Gasteiger partial charge >= 0.3 is 5.97 Å². The van der Waals surface area contributed by atoms with Crippen molar-refractivity contribution >= 4 is 17.7 Å². The molecule has 0 aliphatic heterocycles. The molecule has 1 aromatic heterocycles. The Kier molecular flexibility index (Phi) is 5.80. The van der Waals surface area contributed by atoms with E-state index in [4.69, 9.17) is 9.84 Å². The first kappa shape index (κ1) is 16.3.